The summed E-state index contributed by atoms with van der Waals surface area (Å²) in [4.78, 5) is 0. The summed E-state index contributed by atoms with van der Waals surface area (Å²) in [6, 6.07) is 0. The fourth-order valence-electron chi connectivity index (χ4n) is 0.283. The molecule has 0 heterocycles. The molecule has 0 aromatic rings. The van der Waals surface area contributed by atoms with Crippen molar-refractivity contribution in [3.8, 4) is 0 Å². The first-order valence-corrected chi connectivity index (χ1v) is 16.6. The van der Waals surface area contributed by atoms with Crippen molar-refractivity contribution in [1.82, 2.24) is 0 Å². The van der Waals surface area contributed by atoms with Gasteiger partial charge in [0.25, 0.3) is 0 Å². The monoisotopic (exact) mass is 334 g/mol. The van der Waals surface area contributed by atoms with Gasteiger partial charge in [0.05, 0.1) is 0 Å². The second-order valence-electron chi connectivity index (χ2n) is 1.47. The van der Waals surface area contributed by atoms with Crippen molar-refractivity contribution in [2.75, 3.05) is 0 Å². The van der Waals surface area contributed by atoms with Gasteiger partial charge in [0.2, 0.25) is 0 Å². The zero-order valence-corrected chi connectivity index (χ0v) is 11.7. The van der Waals surface area contributed by atoms with Crippen LogP contribution in [0.5, 0.6) is 0 Å². The topological polar surface area (TPSA) is 0 Å². The van der Waals surface area contributed by atoms with Crippen LogP contribution in [0.4, 0.5) is 13.2 Å². The Morgan fingerprint density at radius 3 is 1.60 bits per heavy atom. The molecule has 60 valence electrons. The normalized spacial score (nSPS) is 9.40. The molecule has 0 radical (unpaired) electrons. The molecule has 0 nitrogen and oxygen atoms in total. The fraction of sp³-hybridized carbons (Fsp3) is 1.00. The number of rotatable bonds is 1. The second-order valence-corrected chi connectivity index (χ2v) is 15.5. The first kappa shape index (κ1) is 13.9. The maximum atomic E-state index is 11.1. The Kier molecular flexibility index (Phi) is 11.8. The van der Waals surface area contributed by atoms with Crippen molar-refractivity contribution < 1.29 is 26.4 Å². The van der Waals surface area contributed by atoms with Gasteiger partial charge in [0.15, 0.2) is 0 Å². The fourth-order valence-corrected chi connectivity index (χ4v) is 0.283. The van der Waals surface area contributed by atoms with Crippen molar-refractivity contribution in [3.63, 3.8) is 0 Å². The minimum atomic E-state index is -3.95. The van der Waals surface area contributed by atoms with Gasteiger partial charge in [-0.2, -0.15) is 13.2 Å². The summed E-state index contributed by atoms with van der Waals surface area (Å²) < 4.78 is 33.2. The van der Waals surface area contributed by atoms with Crippen LogP contribution < -0.4 is 0 Å². The molecule has 0 saturated carbocycles. The Bertz CT molecular complexity index is 66.0. The molecule has 0 aromatic heterocycles. The van der Waals surface area contributed by atoms with Crippen molar-refractivity contribution in [3.05, 3.63) is 0 Å². The van der Waals surface area contributed by atoms with Crippen LogP contribution in [-0.4, -0.2) is 6.18 Å². The van der Waals surface area contributed by atoms with Crippen molar-refractivity contribution in [2.24, 2.45) is 0 Å². The molecule has 0 rings (SSSR count). The van der Waals surface area contributed by atoms with Gasteiger partial charge in [-0.3, -0.25) is 0 Å². The molecule has 0 aliphatic rings. The molecule has 0 aromatic carbocycles. The van der Waals surface area contributed by atoms with Crippen LogP contribution >= 0.6 is 27.2 Å². The summed E-state index contributed by atoms with van der Waals surface area (Å²) in [6.07, 6.45) is -4.43. The molecule has 0 bridgehead atoms. The number of hydrogen-bond acceptors (Lipinski definition) is 0. The molecule has 0 fully saturated rings. The van der Waals surface area contributed by atoms with Crippen molar-refractivity contribution >= 4 is 27.2 Å². The van der Waals surface area contributed by atoms with Crippen LogP contribution in [0.25, 0.3) is 0 Å². The summed E-state index contributed by atoms with van der Waals surface area (Å²) in [6.45, 7) is 1.51. The predicted octanol–water partition coefficient (Wildman–Crippen LogP) is 4.04. The van der Waals surface area contributed by atoms with Gasteiger partial charge in [-0.15, -0.1) is 0 Å². The van der Waals surface area contributed by atoms with Crippen LogP contribution in [0, 0.1) is 0 Å². The van der Waals surface area contributed by atoms with E-state index in [-0.39, 0.29) is 19.6 Å². The standard InChI is InChI=1S/C4H7F3.2BrH.Zn/c1-2-3-4(5,6)7;;;/h2-3H2,1H3;2*1H;/q;;;+2/p-2. The van der Waals surface area contributed by atoms with Crippen molar-refractivity contribution in [1.29, 1.82) is 0 Å². The zero-order chi connectivity index (χ0) is 8.62. The van der Waals surface area contributed by atoms with Gasteiger partial charge >= 0.3 is 46.6 Å². The van der Waals surface area contributed by atoms with Gasteiger partial charge in [-0.1, -0.05) is 6.92 Å². The third kappa shape index (κ3) is 22.8. The van der Waals surface area contributed by atoms with E-state index in [9.17, 15) is 13.2 Å². The molecule has 0 atom stereocenters. The first-order chi connectivity index (χ1) is 4.47. The number of alkyl halides is 3. The molecule has 0 amide bonds. The Labute approximate surface area is 79.3 Å². The van der Waals surface area contributed by atoms with Crippen LogP contribution in [0.15, 0.2) is 0 Å². The summed E-state index contributed by atoms with van der Waals surface area (Å²) in [7, 11) is 0. The molecule has 0 aliphatic carbocycles. The average molecular weight is 337 g/mol. The predicted molar refractivity (Wildman–Crippen MR) is 38.8 cm³/mol. The van der Waals surface area contributed by atoms with Gasteiger partial charge in [-0.25, -0.2) is 0 Å². The Balaban J connectivity index is 0. The Morgan fingerprint density at radius 1 is 1.30 bits per heavy atom. The Hall–Kier alpha value is 1.37. The molecular weight excluding hydrogens is 330 g/mol. The van der Waals surface area contributed by atoms with E-state index in [0.717, 1.165) is 0 Å². The van der Waals surface area contributed by atoms with E-state index < -0.39 is 12.6 Å². The first-order valence-electron chi connectivity index (χ1n) is 2.66. The average Bonchev–Trinajstić information content (AvgIpc) is 1.63. The van der Waals surface area contributed by atoms with Crippen LogP contribution in [0.1, 0.15) is 19.8 Å². The van der Waals surface area contributed by atoms with E-state index in [1.165, 1.54) is 6.92 Å². The van der Waals surface area contributed by atoms with E-state index in [4.69, 9.17) is 0 Å². The van der Waals surface area contributed by atoms with Crippen LogP contribution in [-0.2, 0) is 13.2 Å². The second kappa shape index (κ2) is 8.47. The van der Waals surface area contributed by atoms with Gasteiger partial charge < -0.3 is 0 Å². The summed E-state index contributed by atoms with van der Waals surface area (Å²) in [5.74, 6) is 0. The number of hydrogen-bond donors (Lipinski definition) is 0. The van der Waals surface area contributed by atoms with E-state index in [1.54, 1.807) is 0 Å². The Morgan fingerprint density at radius 2 is 1.60 bits per heavy atom. The molecule has 6 heteroatoms. The van der Waals surface area contributed by atoms with Gasteiger partial charge in [0.1, 0.15) is 0 Å². The molecule has 0 spiro atoms. The molecule has 0 aliphatic heterocycles. The van der Waals surface area contributed by atoms with Crippen molar-refractivity contribution in [2.45, 2.75) is 25.9 Å². The molecule has 0 saturated heterocycles. The van der Waals surface area contributed by atoms with Gasteiger partial charge in [-0.05, 0) is 6.42 Å². The molecule has 0 unspecified atom stereocenters. The van der Waals surface area contributed by atoms with E-state index in [1.807, 2.05) is 0 Å². The quantitative estimate of drug-likeness (QED) is 0.634. The van der Waals surface area contributed by atoms with Gasteiger partial charge in [0, 0.05) is 6.42 Å². The zero-order valence-electron chi connectivity index (χ0n) is 5.51. The summed E-state index contributed by atoms with van der Waals surface area (Å²) in [5, 5.41) is 0. The molecule has 10 heavy (non-hydrogen) atoms. The summed E-state index contributed by atoms with van der Waals surface area (Å²) in [5.41, 5.74) is 0. The van der Waals surface area contributed by atoms with E-state index in [2.05, 4.69) is 27.2 Å². The van der Waals surface area contributed by atoms with E-state index >= 15 is 0 Å². The third-order valence-electron chi connectivity index (χ3n) is 0.533. The maximum absolute atomic E-state index is 11.1. The van der Waals surface area contributed by atoms with Crippen LogP contribution in [0.2, 0.25) is 0 Å². The minimum absolute atomic E-state index is 0.184. The van der Waals surface area contributed by atoms with Crippen LogP contribution in [0.3, 0.4) is 0 Å². The number of halogens is 5. The SMILES string of the molecule is CCCC(F)(F)F.[Br][Zn][Br]. The summed E-state index contributed by atoms with van der Waals surface area (Å²) >= 11 is 6.25. The van der Waals surface area contributed by atoms with E-state index in [0.29, 0.717) is 0 Å². The third-order valence-corrected chi connectivity index (χ3v) is 0.533. The molecular formula is C4H7Br2F3Zn. The molecule has 0 N–H and O–H groups in total.